The molecule has 7 nitrogen and oxygen atoms in total. The molecule has 3 atom stereocenters. The third-order valence-corrected chi connectivity index (χ3v) is 5.10. The molecule has 0 spiro atoms. The van der Waals surface area contributed by atoms with Gasteiger partial charge in [0.05, 0.1) is 13.7 Å². The van der Waals surface area contributed by atoms with E-state index in [4.69, 9.17) is 4.74 Å². The van der Waals surface area contributed by atoms with Gasteiger partial charge in [0.1, 0.15) is 6.04 Å². The van der Waals surface area contributed by atoms with E-state index in [2.05, 4.69) is 0 Å². The number of ether oxygens (including phenoxy) is 1. The molecule has 24 heavy (non-hydrogen) atoms. The Bertz CT molecular complexity index is 692. The number of carbonyl (C=O) groups is 3. The van der Waals surface area contributed by atoms with E-state index in [0.717, 1.165) is 12.0 Å². The van der Waals surface area contributed by atoms with Crippen LogP contribution in [-0.2, 0) is 9.53 Å². The summed E-state index contributed by atoms with van der Waals surface area (Å²) in [5.41, 5.74) is 1.16. The minimum Gasteiger partial charge on any atom is -0.453 e. The molecule has 3 fully saturated rings. The number of hydrogen-bond acceptors (Lipinski definition) is 4. The van der Waals surface area contributed by atoms with E-state index in [1.54, 1.807) is 4.90 Å². The van der Waals surface area contributed by atoms with Crippen LogP contribution in [0, 0.1) is 0 Å². The van der Waals surface area contributed by atoms with Crippen LogP contribution in [0.15, 0.2) is 30.3 Å². The fourth-order valence-electron chi connectivity index (χ4n) is 3.74. The average molecular weight is 329 g/mol. The fourth-order valence-corrected chi connectivity index (χ4v) is 3.74. The molecule has 0 bridgehead atoms. The van der Waals surface area contributed by atoms with Gasteiger partial charge in [0.25, 0.3) is 5.91 Å². The number of urea groups is 1. The highest BCUT2D eigenvalue weighted by Crippen LogP contribution is 2.46. The van der Waals surface area contributed by atoms with Crippen molar-refractivity contribution < 1.29 is 19.1 Å². The number of benzene rings is 1. The Morgan fingerprint density at radius 2 is 1.92 bits per heavy atom. The van der Waals surface area contributed by atoms with Crippen molar-refractivity contribution in [2.45, 2.75) is 24.4 Å². The van der Waals surface area contributed by atoms with Crippen molar-refractivity contribution in [3.63, 3.8) is 0 Å². The van der Waals surface area contributed by atoms with Crippen LogP contribution in [0.2, 0.25) is 0 Å². The number of amides is 4. The Kier molecular flexibility index (Phi) is 3.44. The number of imide groups is 1. The first-order valence-corrected chi connectivity index (χ1v) is 8.13. The first-order chi connectivity index (χ1) is 11.6. The van der Waals surface area contributed by atoms with Crippen LogP contribution < -0.4 is 0 Å². The summed E-state index contributed by atoms with van der Waals surface area (Å²) in [6.07, 6.45) is 0.352. The zero-order chi connectivity index (χ0) is 16.8. The summed E-state index contributed by atoms with van der Waals surface area (Å²) >= 11 is 0. The van der Waals surface area contributed by atoms with Gasteiger partial charge in [0, 0.05) is 25.0 Å². The normalized spacial score (nSPS) is 28.9. The lowest BCUT2D eigenvalue weighted by Gasteiger charge is -2.34. The van der Waals surface area contributed by atoms with Gasteiger partial charge < -0.3 is 14.5 Å². The minimum atomic E-state index is -0.581. The number of hydrogen-bond donors (Lipinski definition) is 0. The van der Waals surface area contributed by atoms with E-state index in [1.165, 1.54) is 16.9 Å². The molecule has 2 heterocycles. The predicted molar refractivity (Wildman–Crippen MR) is 84.3 cm³/mol. The van der Waals surface area contributed by atoms with Crippen LogP contribution >= 0.6 is 0 Å². The van der Waals surface area contributed by atoms with Crippen LogP contribution in [0.5, 0.6) is 0 Å². The highest BCUT2D eigenvalue weighted by atomic mass is 16.5. The van der Waals surface area contributed by atoms with Crippen molar-refractivity contribution in [1.82, 2.24) is 14.7 Å². The van der Waals surface area contributed by atoms with Crippen molar-refractivity contribution in [2.75, 3.05) is 26.7 Å². The molecule has 2 aliphatic heterocycles. The number of carbonyl (C=O) groups excluding carboxylic acids is 3. The van der Waals surface area contributed by atoms with E-state index in [9.17, 15) is 14.4 Å². The van der Waals surface area contributed by atoms with Crippen molar-refractivity contribution in [3.8, 4) is 0 Å². The van der Waals surface area contributed by atoms with Gasteiger partial charge in [-0.05, 0) is 12.0 Å². The van der Waals surface area contributed by atoms with Gasteiger partial charge in [0.2, 0.25) is 0 Å². The highest BCUT2D eigenvalue weighted by Gasteiger charge is 2.56. The van der Waals surface area contributed by atoms with Gasteiger partial charge in [-0.2, -0.15) is 0 Å². The maximum Gasteiger partial charge on any atom is 0.409 e. The summed E-state index contributed by atoms with van der Waals surface area (Å²) in [7, 11) is 1.32. The highest BCUT2D eigenvalue weighted by molar-refractivity contribution is 6.05. The molecule has 1 aromatic carbocycles. The summed E-state index contributed by atoms with van der Waals surface area (Å²) in [4.78, 5) is 41.6. The average Bonchev–Trinajstić information content (AvgIpc) is 3.37. The summed E-state index contributed by atoms with van der Waals surface area (Å²) in [6, 6.07) is 9.08. The van der Waals surface area contributed by atoms with Crippen LogP contribution in [0.3, 0.4) is 0 Å². The molecule has 3 aliphatic rings. The van der Waals surface area contributed by atoms with Gasteiger partial charge in [-0.15, -0.1) is 0 Å². The first kappa shape index (κ1) is 15.0. The maximum absolute atomic E-state index is 12.7. The van der Waals surface area contributed by atoms with Crippen LogP contribution in [0.25, 0.3) is 0 Å². The third-order valence-electron chi connectivity index (χ3n) is 5.10. The molecule has 0 N–H and O–H groups in total. The van der Waals surface area contributed by atoms with Crippen LogP contribution in [0.4, 0.5) is 9.59 Å². The van der Waals surface area contributed by atoms with E-state index < -0.39 is 12.1 Å². The summed E-state index contributed by atoms with van der Waals surface area (Å²) in [5.74, 6) is 0.0224. The Balaban J connectivity index is 1.50. The molecule has 7 heteroatoms. The van der Waals surface area contributed by atoms with E-state index in [-0.39, 0.29) is 30.4 Å². The molecular formula is C17H19N3O4. The predicted octanol–water partition coefficient (Wildman–Crippen LogP) is 1.26. The summed E-state index contributed by atoms with van der Waals surface area (Å²) in [5, 5.41) is 0. The van der Waals surface area contributed by atoms with Crippen molar-refractivity contribution >= 4 is 18.0 Å². The first-order valence-electron chi connectivity index (χ1n) is 8.13. The van der Waals surface area contributed by atoms with Gasteiger partial charge in [-0.3, -0.25) is 9.69 Å². The van der Waals surface area contributed by atoms with Crippen LogP contribution in [-0.4, -0.2) is 71.6 Å². The second-order valence-electron chi connectivity index (χ2n) is 6.44. The van der Waals surface area contributed by atoms with Gasteiger partial charge in [-0.1, -0.05) is 30.3 Å². The fraction of sp³-hybridized carbons (Fsp3) is 0.471. The zero-order valence-electron chi connectivity index (χ0n) is 13.4. The van der Waals surface area contributed by atoms with Gasteiger partial charge >= 0.3 is 12.1 Å². The molecule has 4 amide bonds. The Morgan fingerprint density at radius 3 is 2.62 bits per heavy atom. The molecule has 1 saturated carbocycles. The number of nitrogens with zero attached hydrogens (tertiary/aromatic N) is 3. The Morgan fingerprint density at radius 1 is 1.17 bits per heavy atom. The lowest BCUT2D eigenvalue weighted by molar-refractivity contribution is -0.129. The second kappa shape index (κ2) is 5.51. The maximum atomic E-state index is 12.7. The number of methoxy groups -OCH3 is 1. The number of fused-ring (bicyclic) bond motifs is 1. The Labute approximate surface area is 139 Å². The lowest BCUT2D eigenvalue weighted by Crippen LogP contribution is -2.54. The van der Waals surface area contributed by atoms with Crippen molar-refractivity contribution in [3.05, 3.63) is 35.9 Å². The van der Waals surface area contributed by atoms with E-state index >= 15 is 0 Å². The molecule has 2 saturated heterocycles. The lowest BCUT2D eigenvalue weighted by atomic mass is 10.1. The summed E-state index contributed by atoms with van der Waals surface area (Å²) < 4.78 is 4.72. The van der Waals surface area contributed by atoms with Crippen LogP contribution in [0.1, 0.15) is 17.9 Å². The zero-order valence-corrected chi connectivity index (χ0v) is 13.4. The largest absolute Gasteiger partial charge is 0.453 e. The molecule has 1 aliphatic carbocycles. The van der Waals surface area contributed by atoms with Gasteiger partial charge in [-0.25, -0.2) is 9.59 Å². The standard InChI is InChI=1S/C17H19N3O4/c1-24-17(23)18-7-8-19-14(10-18)15(21)20(16(19)22)13-9-12(13)11-5-3-2-4-6-11/h2-6,12-14H,7-10H2,1H3/t12-,13+,14?/m1/s1. The quantitative estimate of drug-likeness (QED) is 0.766. The second-order valence-corrected chi connectivity index (χ2v) is 6.44. The number of rotatable bonds is 2. The Hall–Kier alpha value is -2.57. The van der Waals surface area contributed by atoms with E-state index in [1.807, 2.05) is 30.3 Å². The molecule has 126 valence electrons. The van der Waals surface area contributed by atoms with Gasteiger partial charge in [0.15, 0.2) is 0 Å². The summed E-state index contributed by atoms with van der Waals surface area (Å²) in [6.45, 7) is 0.961. The van der Waals surface area contributed by atoms with Crippen molar-refractivity contribution in [2.24, 2.45) is 0 Å². The molecule has 0 radical (unpaired) electrons. The molecule has 1 aromatic rings. The topological polar surface area (TPSA) is 70.2 Å². The minimum absolute atomic E-state index is 0.0652. The molecular weight excluding hydrogens is 310 g/mol. The number of piperazine rings is 1. The van der Waals surface area contributed by atoms with Crippen molar-refractivity contribution in [1.29, 1.82) is 0 Å². The molecule has 0 aromatic heterocycles. The molecule has 1 unspecified atom stereocenters. The third kappa shape index (κ3) is 2.23. The monoisotopic (exact) mass is 329 g/mol. The van der Waals surface area contributed by atoms with E-state index in [0.29, 0.717) is 13.1 Å². The SMILES string of the molecule is COC(=O)N1CCN2C(=O)N([C@H]3C[C@@H]3c3ccccc3)C(=O)C2C1. The smallest absolute Gasteiger partial charge is 0.409 e. The molecule has 4 rings (SSSR count).